The minimum Gasteiger partial charge on any atom is -0.384 e. The van der Waals surface area contributed by atoms with Gasteiger partial charge in [0.05, 0.1) is 6.54 Å². The number of carbonyl (C=O) groups is 1. The Hall–Kier alpha value is -1.11. The fourth-order valence-electron chi connectivity index (χ4n) is 2.35. The molecule has 0 saturated heterocycles. The van der Waals surface area contributed by atoms with E-state index in [1.807, 2.05) is 30.9 Å². The van der Waals surface area contributed by atoms with E-state index in [0.717, 1.165) is 18.5 Å². The summed E-state index contributed by atoms with van der Waals surface area (Å²) >= 11 is 1.53. The number of carbonyl (C=O) groups excluding carboxylic acids is 1. The van der Waals surface area contributed by atoms with Gasteiger partial charge in [0.15, 0.2) is 0 Å². The summed E-state index contributed by atoms with van der Waals surface area (Å²) in [6, 6.07) is 1.74. The van der Waals surface area contributed by atoms with Gasteiger partial charge in [-0.2, -0.15) is 11.3 Å². The number of amides is 2. The minimum atomic E-state index is -1.05. The Morgan fingerprint density at radius 2 is 2.14 bits per heavy atom. The molecule has 0 aliphatic carbocycles. The molecule has 3 N–H and O–H groups in total. The van der Waals surface area contributed by atoms with Crippen molar-refractivity contribution < 1.29 is 9.90 Å². The second-order valence-electron chi connectivity index (χ2n) is 6.70. The van der Waals surface area contributed by atoms with Crippen LogP contribution in [-0.2, 0) is 5.60 Å². The molecule has 2 atom stereocenters. The van der Waals surface area contributed by atoms with Gasteiger partial charge in [-0.15, -0.1) is 0 Å². The molecule has 126 valence electrons. The first-order valence-corrected chi connectivity index (χ1v) is 8.59. The number of hydrogen-bond donors (Lipinski definition) is 3. The normalized spacial score (nSPS) is 15.6. The monoisotopic (exact) mass is 327 g/mol. The maximum absolute atomic E-state index is 12.1. The highest BCUT2D eigenvalue weighted by Gasteiger charge is 2.24. The number of likely N-dealkylation sites (N-methyl/N-ethyl adjacent to an activating group) is 1. The fourth-order valence-corrected chi connectivity index (χ4v) is 3.13. The number of hydrogen-bond acceptors (Lipinski definition) is 4. The SMILES string of the molecule is CC(C)CC(CN(C)C)NC(=O)NCC(C)(O)c1ccsc1. The fraction of sp³-hybridized carbons (Fsp3) is 0.688. The number of rotatable bonds is 8. The minimum absolute atomic E-state index is 0.0982. The highest BCUT2D eigenvalue weighted by Crippen LogP contribution is 2.21. The van der Waals surface area contributed by atoms with E-state index in [2.05, 4.69) is 29.4 Å². The van der Waals surface area contributed by atoms with Gasteiger partial charge in [-0.1, -0.05) is 13.8 Å². The first-order chi connectivity index (χ1) is 10.2. The maximum Gasteiger partial charge on any atom is 0.315 e. The van der Waals surface area contributed by atoms with Crippen LogP contribution in [0.25, 0.3) is 0 Å². The topological polar surface area (TPSA) is 64.6 Å². The number of urea groups is 1. The van der Waals surface area contributed by atoms with Gasteiger partial charge in [-0.25, -0.2) is 4.79 Å². The third-order valence-corrected chi connectivity index (χ3v) is 4.10. The van der Waals surface area contributed by atoms with Crippen LogP contribution in [0.15, 0.2) is 16.8 Å². The van der Waals surface area contributed by atoms with E-state index in [-0.39, 0.29) is 18.6 Å². The summed E-state index contributed by atoms with van der Waals surface area (Å²) in [6.07, 6.45) is 0.923. The zero-order valence-corrected chi connectivity index (χ0v) is 15.0. The van der Waals surface area contributed by atoms with Crippen LogP contribution < -0.4 is 10.6 Å². The number of nitrogens with zero attached hydrogens (tertiary/aromatic N) is 1. The highest BCUT2D eigenvalue weighted by atomic mass is 32.1. The largest absolute Gasteiger partial charge is 0.384 e. The Balaban J connectivity index is 2.49. The highest BCUT2D eigenvalue weighted by molar-refractivity contribution is 7.08. The Labute approximate surface area is 137 Å². The van der Waals surface area contributed by atoms with E-state index in [4.69, 9.17) is 0 Å². The van der Waals surface area contributed by atoms with Crippen molar-refractivity contribution in [3.63, 3.8) is 0 Å². The standard InChI is InChI=1S/C16H29N3O2S/c1-12(2)8-14(9-19(4)5)18-15(20)17-11-16(3,21)13-6-7-22-10-13/h6-7,10,12,14,21H,8-9,11H2,1-5H3,(H2,17,18,20). The van der Waals surface area contributed by atoms with Gasteiger partial charge < -0.3 is 20.6 Å². The number of thiophene rings is 1. The van der Waals surface area contributed by atoms with Crippen LogP contribution in [0.2, 0.25) is 0 Å². The Kier molecular flexibility index (Phi) is 7.32. The van der Waals surface area contributed by atoms with E-state index in [1.54, 1.807) is 6.92 Å². The lowest BCUT2D eigenvalue weighted by Gasteiger charge is -2.26. The van der Waals surface area contributed by atoms with E-state index < -0.39 is 5.60 Å². The van der Waals surface area contributed by atoms with Crippen LogP contribution in [0.1, 0.15) is 32.8 Å². The van der Waals surface area contributed by atoms with Crippen molar-refractivity contribution in [3.05, 3.63) is 22.4 Å². The second-order valence-corrected chi connectivity index (χ2v) is 7.48. The molecule has 0 aromatic carbocycles. The van der Waals surface area contributed by atoms with Gasteiger partial charge in [0.1, 0.15) is 5.60 Å². The molecule has 0 aliphatic rings. The van der Waals surface area contributed by atoms with Gasteiger partial charge in [-0.3, -0.25) is 0 Å². The number of aliphatic hydroxyl groups is 1. The van der Waals surface area contributed by atoms with Gasteiger partial charge in [0, 0.05) is 12.6 Å². The molecule has 1 aromatic rings. The first kappa shape index (κ1) is 18.9. The van der Waals surface area contributed by atoms with Crippen molar-refractivity contribution >= 4 is 17.4 Å². The van der Waals surface area contributed by atoms with Crippen molar-refractivity contribution in [1.82, 2.24) is 15.5 Å². The maximum atomic E-state index is 12.1. The van der Waals surface area contributed by atoms with E-state index in [1.165, 1.54) is 11.3 Å². The summed E-state index contributed by atoms with van der Waals surface area (Å²) < 4.78 is 0. The van der Waals surface area contributed by atoms with Crippen LogP contribution in [-0.4, -0.2) is 49.3 Å². The van der Waals surface area contributed by atoms with Crippen LogP contribution in [0.3, 0.4) is 0 Å². The van der Waals surface area contributed by atoms with Gasteiger partial charge >= 0.3 is 6.03 Å². The summed E-state index contributed by atoms with van der Waals surface area (Å²) in [4.78, 5) is 14.1. The van der Waals surface area contributed by atoms with Crippen molar-refractivity contribution in [3.8, 4) is 0 Å². The molecule has 1 heterocycles. The van der Waals surface area contributed by atoms with Gasteiger partial charge in [0.2, 0.25) is 0 Å². The predicted octanol–water partition coefficient (Wildman–Crippen LogP) is 2.23. The smallest absolute Gasteiger partial charge is 0.315 e. The summed E-state index contributed by atoms with van der Waals surface area (Å²) in [7, 11) is 3.99. The van der Waals surface area contributed by atoms with Crippen LogP contribution in [0.5, 0.6) is 0 Å². The average Bonchev–Trinajstić information content (AvgIpc) is 2.89. The van der Waals surface area contributed by atoms with Crippen molar-refractivity contribution in [2.75, 3.05) is 27.2 Å². The Morgan fingerprint density at radius 3 is 2.64 bits per heavy atom. The summed E-state index contributed by atoms with van der Waals surface area (Å²) in [5, 5.41) is 20.0. The van der Waals surface area contributed by atoms with E-state index in [9.17, 15) is 9.90 Å². The molecule has 0 saturated carbocycles. The molecule has 0 fully saturated rings. The summed E-state index contributed by atoms with van der Waals surface area (Å²) in [5.41, 5.74) is -0.225. The number of nitrogens with one attached hydrogen (secondary N) is 2. The molecule has 2 amide bonds. The molecular weight excluding hydrogens is 298 g/mol. The van der Waals surface area contributed by atoms with Crippen molar-refractivity contribution in [2.45, 2.75) is 38.8 Å². The van der Waals surface area contributed by atoms with Crippen LogP contribution in [0, 0.1) is 5.92 Å². The molecule has 0 radical (unpaired) electrons. The molecule has 1 aromatic heterocycles. The predicted molar refractivity (Wildman–Crippen MR) is 92.2 cm³/mol. The lowest BCUT2D eigenvalue weighted by Crippen LogP contribution is -2.49. The van der Waals surface area contributed by atoms with Crippen LogP contribution in [0.4, 0.5) is 4.79 Å². The molecule has 6 heteroatoms. The third-order valence-electron chi connectivity index (χ3n) is 3.41. The molecule has 0 bridgehead atoms. The second kappa shape index (κ2) is 8.50. The zero-order chi connectivity index (χ0) is 16.8. The van der Waals surface area contributed by atoms with Crippen molar-refractivity contribution in [1.29, 1.82) is 0 Å². The lowest BCUT2D eigenvalue weighted by molar-refractivity contribution is 0.0596. The van der Waals surface area contributed by atoms with Gasteiger partial charge in [0.25, 0.3) is 0 Å². The Bertz CT molecular complexity index is 434. The lowest BCUT2D eigenvalue weighted by atomic mass is 9.99. The molecule has 1 rings (SSSR count). The summed E-state index contributed by atoms with van der Waals surface area (Å²) in [5.74, 6) is 0.513. The van der Waals surface area contributed by atoms with Crippen LogP contribution >= 0.6 is 11.3 Å². The first-order valence-electron chi connectivity index (χ1n) is 7.65. The Morgan fingerprint density at radius 1 is 1.45 bits per heavy atom. The van der Waals surface area contributed by atoms with E-state index >= 15 is 0 Å². The third kappa shape index (κ3) is 6.77. The molecule has 0 aliphatic heterocycles. The quantitative estimate of drug-likeness (QED) is 0.686. The molecular formula is C16H29N3O2S. The molecule has 0 spiro atoms. The molecule has 2 unspecified atom stereocenters. The van der Waals surface area contributed by atoms with Gasteiger partial charge in [-0.05, 0) is 55.7 Å². The molecule has 22 heavy (non-hydrogen) atoms. The van der Waals surface area contributed by atoms with E-state index in [0.29, 0.717) is 5.92 Å². The average molecular weight is 327 g/mol. The summed E-state index contributed by atoms with van der Waals surface area (Å²) in [6.45, 7) is 6.98. The van der Waals surface area contributed by atoms with Crippen molar-refractivity contribution in [2.24, 2.45) is 5.92 Å². The molecule has 5 nitrogen and oxygen atoms in total. The zero-order valence-electron chi connectivity index (χ0n) is 14.2.